The molecule has 0 unspecified atom stereocenters. The largest absolute Gasteiger partial charge is 0.374 e. The highest BCUT2D eigenvalue weighted by Crippen LogP contribution is 2.28. The Balaban J connectivity index is 1.83. The lowest BCUT2D eigenvalue weighted by molar-refractivity contribution is 0.0441. The fourth-order valence-corrected chi connectivity index (χ4v) is 4.99. The van der Waals surface area contributed by atoms with Crippen LogP contribution in [-0.2, 0) is 32.1 Å². The van der Waals surface area contributed by atoms with Crippen LogP contribution in [0.1, 0.15) is 35.2 Å². The highest BCUT2D eigenvalue weighted by Gasteiger charge is 2.25. The SMILES string of the molecule is Cc1ccc(S(=O)(=O)O[C@H](COCc2ccccc2)Cc2c(Br)cccc2[C@H](C)N)cc1. The maximum absolute atomic E-state index is 13.0. The second kappa shape index (κ2) is 11.2. The van der Waals surface area contributed by atoms with Gasteiger partial charge < -0.3 is 10.5 Å². The van der Waals surface area contributed by atoms with Crippen LogP contribution in [-0.4, -0.2) is 21.1 Å². The predicted molar refractivity (Wildman–Crippen MR) is 130 cm³/mol. The van der Waals surface area contributed by atoms with Gasteiger partial charge >= 0.3 is 0 Å². The highest BCUT2D eigenvalue weighted by molar-refractivity contribution is 9.10. The lowest BCUT2D eigenvalue weighted by Gasteiger charge is -2.21. The summed E-state index contributed by atoms with van der Waals surface area (Å²) in [6.45, 7) is 4.27. The quantitative estimate of drug-likeness (QED) is 0.368. The Kier molecular flexibility index (Phi) is 8.62. The summed E-state index contributed by atoms with van der Waals surface area (Å²) in [7, 11) is -3.96. The molecule has 0 radical (unpaired) electrons. The van der Waals surface area contributed by atoms with E-state index in [1.807, 2.05) is 62.4 Å². The van der Waals surface area contributed by atoms with Crippen molar-refractivity contribution in [1.82, 2.24) is 0 Å². The first-order chi connectivity index (χ1) is 15.3. The number of nitrogens with two attached hydrogens (primary N) is 1. The molecule has 3 aromatic rings. The van der Waals surface area contributed by atoms with Crippen LogP contribution in [0.15, 0.2) is 82.2 Å². The number of halogens is 1. The van der Waals surface area contributed by atoms with Gasteiger partial charge in [0.2, 0.25) is 0 Å². The average molecular weight is 518 g/mol. The molecular formula is C25H28BrNO4S. The molecule has 0 aromatic heterocycles. The molecule has 0 saturated carbocycles. The van der Waals surface area contributed by atoms with Gasteiger partial charge in [-0.15, -0.1) is 0 Å². The van der Waals surface area contributed by atoms with Gasteiger partial charge in [0.15, 0.2) is 0 Å². The predicted octanol–water partition coefficient (Wildman–Crippen LogP) is 5.31. The van der Waals surface area contributed by atoms with Gasteiger partial charge in [0.25, 0.3) is 10.1 Å². The van der Waals surface area contributed by atoms with Gasteiger partial charge in [-0.05, 0) is 48.7 Å². The Morgan fingerprint density at radius 2 is 1.66 bits per heavy atom. The summed E-state index contributed by atoms with van der Waals surface area (Å²) < 4.78 is 38.3. The summed E-state index contributed by atoms with van der Waals surface area (Å²) in [5, 5.41) is 0. The number of rotatable bonds is 10. The molecule has 0 bridgehead atoms. The molecule has 0 amide bonds. The van der Waals surface area contributed by atoms with E-state index in [2.05, 4.69) is 15.9 Å². The van der Waals surface area contributed by atoms with E-state index in [0.29, 0.717) is 13.0 Å². The van der Waals surface area contributed by atoms with Crippen molar-refractivity contribution >= 4 is 26.0 Å². The van der Waals surface area contributed by atoms with Gasteiger partial charge in [-0.25, -0.2) is 0 Å². The molecule has 0 aliphatic heterocycles. The Hall–Kier alpha value is -2.03. The summed E-state index contributed by atoms with van der Waals surface area (Å²) in [5.41, 5.74) is 9.98. The summed E-state index contributed by atoms with van der Waals surface area (Å²) in [4.78, 5) is 0.121. The fourth-order valence-electron chi connectivity index (χ4n) is 3.39. The first-order valence-corrected chi connectivity index (χ1v) is 12.6. The Bertz CT molecular complexity index is 1120. The van der Waals surface area contributed by atoms with Crippen molar-refractivity contribution in [1.29, 1.82) is 0 Å². The minimum absolute atomic E-state index is 0.111. The lowest BCUT2D eigenvalue weighted by atomic mass is 9.97. The normalized spacial score (nSPS) is 13.6. The Morgan fingerprint density at radius 3 is 2.31 bits per heavy atom. The van der Waals surface area contributed by atoms with Crippen LogP contribution in [0.4, 0.5) is 0 Å². The van der Waals surface area contributed by atoms with Crippen molar-refractivity contribution in [2.24, 2.45) is 5.73 Å². The van der Waals surface area contributed by atoms with Crippen LogP contribution >= 0.6 is 15.9 Å². The highest BCUT2D eigenvalue weighted by atomic mass is 79.9. The van der Waals surface area contributed by atoms with E-state index in [-0.39, 0.29) is 17.5 Å². The van der Waals surface area contributed by atoms with Crippen molar-refractivity contribution in [2.45, 2.75) is 43.9 Å². The van der Waals surface area contributed by atoms with Gasteiger partial charge in [0.1, 0.15) is 6.10 Å². The van der Waals surface area contributed by atoms with Gasteiger partial charge in [-0.1, -0.05) is 76.1 Å². The fraction of sp³-hybridized carbons (Fsp3) is 0.280. The molecule has 0 aliphatic rings. The number of hydrogen-bond acceptors (Lipinski definition) is 5. The molecule has 0 spiro atoms. The van der Waals surface area contributed by atoms with E-state index < -0.39 is 16.2 Å². The molecule has 7 heteroatoms. The Labute approximate surface area is 198 Å². The summed E-state index contributed by atoms with van der Waals surface area (Å²) in [5.74, 6) is 0. The topological polar surface area (TPSA) is 78.6 Å². The smallest absolute Gasteiger partial charge is 0.297 e. The van der Waals surface area contributed by atoms with Crippen molar-refractivity contribution in [2.75, 3.05) is 6.61 Å². The second-order valence-corrected chi connectivity index (χ2v) is 10.2. The monoisotopic (exact) mass is 517 g/mol. The van der Waals surface area contributed by atoms with E-state index >= 15 is 0 Å². The molecule has 0 saturated heterocycles. The van der Waals surface area contributed by atoms with Crippen LogP contribution in [0, 0.1) is 6.92 Å². The second-order valence-electron chi connectivity index (χ2n) is 7.79. The standard InChI is InChI=1S/C25H28BrNO4S/c1-18-11-13-22(14-12-18)32(28,29)31-21(17-30-16-20-7-4-3-5-8-20)15-24-23(19(2)27)9-6-10-25(24)26/h3-14,19,21H,15-17,27H2,1-2H3/t19-,21-/m0/s1. The van der Waals surface area contributed by atoms with Crippen LogP contribution in [0.2, 0.25) is 0 Å². The van der Waals surface area contributed by atoms with Crippen molar-refractivity contribution in [3.8, 4) is 0 Å². The van der Waals surface area contributed by atoms with Crippen LogP contribution in [0.25, 0.3) is 0 Å². The molecule has 170 valence electrons. The zero-order valence-electron chi connectivity index (χ0n) is 18.2. The van der Waals surface area contributed by atoms with E-state index in [0.717, 1.165) is 26.7 Å². The van der Waals surface area contributed by atoms with Gasteiger partial charge in [-0.3, -0.25) is 4.18 Å². The molecule has 2 atom stereocenters. The van der Waals surface area contributed by atoms with Crippen LogP contribution in [0.5, 0.6) is 0 Å². The number of ether oxygens (including phenoxy) is 1. The molecule has 32 heavy (non-hydrogen) atoms. The zero-order valence-corrected chi connectivity index (χ0v) is 20.6. The van der Waals surface area contributed by atoms with Crippen molar-refractivity contribution < 1.29 is 17.3 Å². The summed E-state index contributed by atoms with van der Waals surface area (Å²) in [6.07, 6.45) is -0.390. The third-order valence-corrected chi connectivity index (χ3v) is 7.18. The molecule has 0 fully saturated rings. The van der Waals surface area contributed by atoms with Crippen molar-refractivity contribution in [3.05, 3.63) is 99.5 Å². The summed E-state index contributed by atoms with van der Waals surface area (Å²) >= 11 is 3.58. The molecule has 3 aromatic carbocycles. The van der Waals surface area contributed by atoms with Crippen LogP contribution in [0.3, 0.4) is 0 Å². The first-order valence-electron chi connectivity index (χ1n) is 10.4. The number of hydrogen-bond donors (Lipinski definition) is 1. The third-order valence-electron chi connectivity index (χ3n) is 5.07. The number of aryl methyl sites for hydroxylation is 1. The Morgan fingerprint density at radius 1 is 0.969 bits per heavy atom. The minimum atomic E-state index is -3.96. The molecular weight excluding hydrogens is 490 g/mol. The molecule has 0 aliphatic carbocycles. The molecule has 0 heterocycles. The average Bonchev–Trinajstić information content (AvgIpc) is 2.75. The lowest BCUT2D eigenvalue weighted by Crippen LogP contribution is -2.27. The van der Waals surface area contributed by atoms with Crippen LogP contribution < -0.4 is 5.73 Å². The maximum Gasteiger partial charge on any atom is 0.297 e. The van der Waals surface area contributed by atoms with Gasteiger partial charge in [0.05, 0.1) is 18.1 Å². The summed E-state index contributed by atoms with van der Waals surface area (Å²) in [6, 6.07) is 21.9. The maximum atomic E-state index is 13.0. The molecule has 2 N–H and O–H groups in total. The van der Waals surface area contributed by atoms with Gasteiger partial charge in [0, 0.05) is 16.9 Å². The van der Waals surface area contributed by atoms with E-state index in [1.54, 1.807) is 24.3 Å². The third kappa shape index (κ3) is 6.73. The van der Waals surface area contributed by atoms with E-state index in [4.69, 9.17) is 14.7 Å². The van der Waals surface area contributed by atoms with Gasteiger partial charge in [-0.2, -0.15) is 8.42 Å². The van der Waals surface area contributed by atoms with E-state index in [1.165, 1.54) is 0 Å². The number of benzene rings is 3. The molecule has 3 rings (SSSR count). The molecule has 5 nitrogen and oxygen atoms in total. The van der Waals surface area contributed by atoms with E-state index in [9.17, 15) is 8.42 Å². The minimum Gasteiger partial charge on any atom is -0.374 e. The van der Waals surface area contributed by atoms with Crippen molar-refractivity contribution in [3.63, 3.8) is 0 Å². The first kappa shape index (κ1) is 24.6. The zero-order chi connectivity index (χ0) is 23.1.